The lowest BCUT2D eigenvalue weighted by molar-refractivity contribution is -0.884. The van der Waals surface area contributed by atoms with Crippen LogP contribution in [0.3, 0.4) is 0 Å². The number of likely N-dealkylation sites (tertiary alicyclic amines) is 1. The first kappa shape index (κ1) is 27.9. The summed E-state index contributed by atoms with van der Waals surface area (Å²) in [6, 6.07) is 2.23. The molecule has 0 bridgehead atoms. The number of nitrogens with one attached hydrogen (secondary N) is 3. The predicted molar refractivity (Wildman–Crippen MR) is 143 cm³/mol. The first-order valence-corrected chi connectivity index (χ1v) is 13.6. The van der Waals surface area contributed by atoms with Gasteiger partial charge in [0, 0.05) is 38.0 Å². The summed E-state index contributed by atoms with van der Waals surface area (Å²) in [4.78, 5) is 37.9. The zero-order valence-corrected chi connectivity index (χ0v) is 22.9. The van der Waals surface area contributed by atoms with Gasteiger partial charge < -0.3 is 30.1 Å². The van der Waals surface area contributed by atoms with E-state index in [1.165, 1.54) is 36.2 Å². The molecule has 216 valence electrons. The molecule has 0 atom stereocenters. The van der Waals surface area contributed by atoms with Crippen molar-refractivity contribution < 1.29 is 32.4 Å². The van der Waals surface area contributed by atoms with Gasteiger partial charge in [0.15, 0.2) is 5.82 Å². The molecule has 2 aliphatic heterocycles. The Kier molecular flexibility index (Phi) is 7.76. The Bertz CT molecular complexity index is 1280. The average Bonchev–Trinajstić information content (AvgIpc) is 3.45. The maximum atomic E-state index is 15.2. The van der Waals surface area contributed by atoms with E-state index in [9.17, 15) is 18.4 Å². The lowest BCUT2D eigenvalue weighted by Crippen LogP contribution is -3.10. The standard InChI is InChI=1S/C27H34F3N7O3/c1-35-10-8-16(9-11-35)32-24(38)18-12-22(40-3)20(13-19(18)28)33-26-31-14-21-23(34-26)37(17-6-4-5-7-17)15-27(29,30)25(39)36(21)2/h12-14,16-17H,4-11,15H2,1-3H3,(H,32,38)(H,31,33,34)/p+1. The Morgan fingerprint density at radius 1 is 1.18 bits per heavy atom. The van der Waals surface area contributed by atoms with Crippen LogP contribution in [0.4, 0.5) is 36.3 Å². The maximum Gasteiger partial charge on any atom is 0.342 e. The van der Waals surface area contributed by atoms with Crippen LogP contribution in [0.25, 0.3) is 0 Å². The van der Waals surface area contributed by atoms with E-state index in [-0.39, 0.29) is 46.5 Å². The van der Waals surface area contributed by atoms with E-state index in [1.54, 1.807) is 0 Å². The summed E-state index contributed by atoms with van der Waals surface area (Å²) < 4.78 is 50.3. The summed E-state index contributed by atoms with van der Waals surface area (Å²) in [6.45, 7) is 1.07. The molecule has 3 aliphatic rings. The van der Waals surface area contributed by atoms with Crippen LogP contribution in [-0.2, 0) is 4.79 Å². The summed E-state index contributed by atoms with van der Waals surface area (Å²) in [5, 5.41) is 5.82. The number of amides is 2. The third-order valence-electron chi connectivity index (χ3n) is 8.09. The van der Waals surface area contributed by atoms with Crippen molar-refractivity contribution in [1.82, 2.24) is 15.3 Å². The van der Waals surface area contributed by atoms with Crippen LogP contribution >= 0.6 is 0 Å². The highest BCUT2D eigenvalue weighted by atomic mass is 19.3. The highest BCUT2D eigenvalue weighted by Crippen LogP contribution is 2.40. The van der Waals surface area contributed by atoms with E-state index in [0.717, 1.165) is 49.7 Å². The molecule has 2 aromatic rings. The number of carbonyl (C=O) groups excluding carboxylic acids is 2. The SMILES string of the molecule is COc1cc(C(=O)NC2CC[NH+](C)CC2)c(F)cc1Nc1ncc2c(n1)N(C1CCCC1)CC(F)(F)C(=O)N2C. The Balaban J connectivity index is 1.42. The normalized spacial score (nSPS) is 23.0. The van der Waals surface area contributed by atoms with Crippen LogP contribution in [0.2, 0.25) is 0 Å². The fraction of sp³-hybridized carbons (Fsp3) is 0.556. The predicted octanol–water partition coefficient (Wildman–Crippen LogP) is 2.14. The Hall–Kier alpha value is -3.61. The van der Waals surface area contributed by atoms with Crippen molar-refractivity contribution in [2.45, 2.75) is 56.5 Å². The molecule has 0 radical (unpaired) electrons. The molecule has 3 heterocycles. The third-order valence-corrected chi connectivity index (χ3v) is 8.09. The highest BCUT2D eigenvalue weighted by molar-refractivity contribution is 6.02. The molecule has 10 nitrogen and oxygen atoms in total. The molecule has 2 amide bonds. The van der Waals surface area contributed by atoms with E-state index in [4.69, 9.17) is 4.74 Å². The van der Waals surface area contributed by atoms with Crippen LogP contribution in [0, 0.1) is 5.82 Å². The van der Waals surface area contributed by atoms with E-state index in [0.29, 0.717) is 12.8 Å². The summed E-state index contributed by atoms with van der Waals surface area (Å²) >= 11 is 0. The molecule has 13 heteroatoms. The zero-order valence-electron chi connectivity index (χ0n) is 22.9. The number of methoxy groups -OCH3 is 1. The first-order chi connectivity index (χ1) is 19.1. The van der Waals surface area contributed by atoms with E-state index in [1.807, 2.05) is 0 Å². The largest absolute Gasteiger partial charge is 0.495 e. The van der Waals surface area contributed by atoms with Gasteiger partial charge in [-0.1, -0.05) is 12.8 Å². The lowest BCUT2D eigenvalue weighted by atomic mass is 10.0. The Morgan fingerprint density at radius 2 is 1.88 bits per heavy atom. The topological polar surface area (TPSA) is 104 Å². The number of aromatic nitrogens is 2. The molecule has 1 aliphatic carbocycles. The van der Waals surface area contributed by atoms with Gasteiger partial charge in [-0.25, -0.2) is 9.37 Å². The number of hydrogen-bond donors (Lipinski definition) is 3. The van der Waals surface area contributed by atoms with Crippen molar-refractivity contribution in [3.63, 3.8) is 0 Å². The van der Waals surface area contributed by atoms with Crippen LogP contribution in [-0.4, -0.2) is 80.6 Å². The zero-order chi connectivity index (χ0) is 28.6. The molecule has 40 heavy (non-hydrogen) atoms. The minimum Gasteiger partial charge on any atom is -0.495 e. The maximum absolute atomic E-state index is 15.2. The van der Waals surface area contributed by atoms with Gasteiger partial charge in [-0.3, -0.25) is 9.59 Å². The monoisotopic (exact) mass is 562 g/mol. The van der Waals surface area contributed by atoms with Crippen molar-refractivity contribution in [2.75, 3.05) is 56.0 Å². The smallest absolute Gasteiger partial charge is 0.342 e. The molecule has 2 fully saturated rings. The Morgan fingerprint density at radius 3 is 2.55 bits per heavy atom. The lowest BCUT2D eigenvalue weighted by Gasteiger charge is -2.31. The fourth-order valence-electron chi connectivity index (χ4n) is 5.74. The number of ether oxygens (including phenoxy) is 1. The average molecular weight is 563 g/mol. The number of hydrogen-bond acceptors (Lipinski definition) is 7. The fourth-order valence-corrected chi connectivity index (χ4v) is 5.74. The van der Waals surface area contributed by atoms with E-state index < -0.39 is 30.1 Å². The quantitative estimate of drug-likeness (QED) is 0.496. The van der Waals surface area contributed by atoms with E-state index in [2.05, 4.69) is 27.6 Å². The third kappa shape index (κ3) is 5.51. The summed E-state index contributed by atoms with van der Waals surface area (Å²) in [5.41, 5.74) is 0.182. The molecule has 0 unspecified atom stereocenters. The molecule has 1 aromatic heterocycles. The second-order valence-corrected chi connectivity index (χ2v) is 10.9. The van der Waals surface area contributed by atoms with Crippen LogP contribution in [0.15, 0.2) is 18.3 Å². The molecule has 1 saturated heterocycles. The van der Waals surface area contributed by atoms with Crippen molar-refractivity contribution in [3.05, 3.63) is 29.7 Å². The number of quaternary nitrogens is 1. The molecular formula is C27H35F3N7O3+. The number of alkyl halides is 2. The number of rotatable bonds is 6. The van der Waals surface area contributed by atoms with Gasteiger partial charge in [-0.2, -0.15) is 13.8 Å². The van der Waals surface area contributed by atoms with Crippen molar-refractivity contribution in [3.8, 4) is 5.75 Å². The molecule has 1 saturated carbocycles. The van der Waals surface area contributed by atoms with Crippen LogP contribution in [0.1, 0.15) is 48.9 Å². The number of halogens is 3. The number of piperidine rings is 1. The molecule has 3 N–H and O–H groups in total. The van der Waals surface area contributed by atoms with Gasteiger partial charge in [-0.05, 0) is 18.9 Å². The van der Waals surface area contributed by atoms with Gasteiger partial charge in [0.2, 0.25) is 5.95 Å². The van der Waals surface area contributed by atoms with Gasteiger partial charge in [-0.15, -0.1) is 0 Å². The Labute approximate surface area is 230 Å². The molecule has 1 aromatic carbocycles. The van der Waals surface area contributed by atoms with Gasteiger partial charge in [0.05, 0.1) is 51.2 Å². The van der Waals surface area contributed by atoms with Gasteiger partial charge in [0.1, 0.15) is 17.3 Å². The summed E-state index contributed by atoms with van der Waals surface area (Å²) in [6.07, 6.45) is 6.16. The minimum atomic E-state index is -3.59. The van der Waals surface area contributed by atoms with Gasteiger partial charge >= 0.3 is 5.92 Å². The number of fused-ring (bicyclic) bond motifs is 1. The van der Waals surface area contributed by atoms with Crippen molar-refractivity contribution in [2.24, 2.45) is 0 Å². The first-order valence-electron chi connectivity index (χ1n) is 13.6. The molecule has 0 spiro atoms. The summed E-state index contributed by atoms with van der Waals surface area (Å²) in [7, 11) is 4.77. The van der Waals surface area contributed by atoms with Crippen LogP contribution < -0.4 is 30.1 Å². The van der Waals surface area contributed by atoms with Crippen LogP contribution in [0.5, 0.6) is 5.75 Å². The minimum absolute atomic E-state index is 0.0107. The second-order valence-electron chi connectivity index (χ2n) is 10.9. The molecular weight excluding hydrogens is 527 g/mol. The van der Waals surface area contributed by atoms with E-state index >= 15 is 4.39 Å². The number of benzene rings is 1. The molecule has 5 rings (SSSR count). The van der Waals surface area contributed by atoms with Crippen molar-refractivity contribution >= 4 is 35.0 Å². The van der Waals surface area contributed by atoms with Gasteiger partial charge in [0.25, 0.3) is 11.8 Å². The number of anilines is 4. The number of nitrogens with zero attached hydrogens (tertiary/aromatic N) is 4. The second kappa shape index (κ2) is 11.1. The number of carbonyl (C=O) groups is 2. The summed E-state index contributed by atoms with van der Waals surface area (Å²) in [5.74, 6) is -5.80. The van der Waals surface area contributed by atoms with Crippen molar-refractivity contribution in [1.29, 1.82) is 0 Å². The highest BCUT2D eigenvalue weighted by Gasteiger charge is 2.48.